The van der Waals surface area contributed by atoms with Gasteiger partial charge < -0.3 is 9.64 Å². The highest BCUT2D eigenvalue weighted by Gasteiger charge is 2.30. The van der Waals surface area contributed by atoms with Gasteiger partial charge in [0, 0.05) is 26.2 Å². The van der Waals surface area contributed by atoms with Gasteiger partial charge in [0.05, 0.1) is 10.6 Å². The molecule has 0 saturated carbocycles. The lowest BCUT2D eigenvalue weighted by atomic mass is 10.1. The molecular weight excluding hydrogens is 456 g/mol. The van der Waals surface area contributed by atoms with Crippen LogP contribution in [0.2, 0.25) is 0 Å². The third-order valence-corrected chi connectivity index (χ3v) is 7.77. The average Bonchev–Trinajstić information content (AvgIpc) is 3.42. The number of hydrogen-bond acceptors (Lipinski definition) is 8. The zero-order valence-electron chi connectivity index (χ0n) is 18.3. The van der Waals surface area contributed by atoms with Crippen molar-refractivity contribution in [3.8, 4) is 11.4 Å². The van der Waals surface area contributed by atoms with Crippen molar-refractivity contribution in [3.05, 3.63) is 73.1 Å². The number of hydrogen-bond donors (Lipinski definition) is 2. The first kappa shape index (κ1) is 22.3. The number of aromatic nitrogens is 4. The van der Waals surface area contributed by atoms with Crippen LogP contribution in [0.15, 0.2) is 78.0 Å². The molecular formula is C23H24N6O4S. The highest BCUT2D eigenvalue weighted by molar-refractivity contribution is 8.22. The van der Waals surface area contributed by atoms with Crippen molar-refractivity contribution in [2.45, 2.75) is 4.90 Å². The molecule has 0 atom stereocenters. The van der Waals surface area contributed by atoms with Crippen LogP contribution in [-0.2, 0) is 4.79 Å². The molecule has 1 amide bonds. The summed E-state index contributed by atoms with van der Waals surface area (Å²) in [7, 11) is -3.13. The quantitative estimate of drug-likeness (QED) is 0.433. The van der Waals surface area contributed by atoms with Crippen molar-refractivity contribution >= 4 is 27.5 Å². The smallest absolute Gasteiger partial charge is 0.260 e. The van der Waals surface area contributed by atoms with E-state index in [4.69, 9.17) is 4.74 Å². The SMILES string of the molecule is O=C(COc1ccc(-n2cnnn2)cc1)N1CCN(S(O)(O)c2ccc3ccccc3c2)CC1. The zero-order valence-corrected chi connectivity index (χ0v) is 19.1. The third kappa shape index (κ3) is 4.59. The number of nitrogens with zero attached hydrogens (tertiary/aromatic N) is 6. The Balaban J connectivity index is 1.15. The van der Waals surface area contributed by atoms with E-state index in [2.05, 4.69) is 15.5 Å². The minimum Gasteiger partial charge on any atom is -0.484 e. The number of fused-ring (bicyclic) bond motifs is 1. The van der Waals surface area contributed by atoms with Crippen molar-refractivity contribution in [1.29, 1.82) is 0 Å². The predicted octanol–water partition coefficient (Wildman–Crippen LogP) is 3.06. The van der Waals surface area contributed by atoms with Crippen molar-refractivity contribution < 1.29 is 18.6 Å². The van der Waals surface area contributed by atoms with Gasteiger partial charge in [0.2, 0.25) is 0 Å². The first-order chi connectivity index (χ1) is 16.5. The van der Waals surface area contributed by atoms with Crippen LogP contribution in [0.3, 0.4) is 0 Å². The predicted molar refractivity (Wildman–Crippen MR) is 128 cm³/mol. The Morgan fingerprint density at radius 2 is 1.68 bits per heavy atom. The van der Waals surface area contributed by atoms with Crippen LogP contribution in [0, 0.1) is 0 Å². The molecule has 0 bridgehead atoms. The second-order valence-corrected chi connectivity index (χ2v) is 9.90. The summed E-state index contributed by atoms with van der Waals surface area (Å²) >= 11 is 0. The van der Waals surface area contributed by atoms with Crippen LogP contribution in [0.25, 0.3) is 16.5 Å². The molecule has 34 heavy (non-hydrogen) atoms. The molecule has 1 aromatic heterocycles. The number of piperazine rings is 1. The molecule has 5 rings (SSSR count). The van der Waals surface area contributed by atoms with Crippen molar-refractivity contribution in [2.24, 2.45) is 0 Å². The fourth-order valence-electron chi connectivity index (χ4n) is 3.89. The van der Waals surface area contributed by atoms with Gasteiger partial charge >= 0.3 is 0 Å². The molecule has 10 nitrogen and oxygen atoms in total. The Labute approximate surface area is 197 Å². The van der Waals surface area contributed by atoms with Crippen molar-refractivity contribution in [3.63, 3.8) is 0 Å². The summed E-state index contributed by atoms with van der Waals surface area (Å²) in [4.78, 5) is 14.8. The van der Waals surface area contributed by atoms with Gasteiger partial charge in [-0.1, -0.05) is 30.3 Å². The number of benzene rings is 3. The number of carbonyl (C=O) groups excluding carboxylic acids is 1. The fraction of sp³-hybridized carbons (Fsp3) is 0.217. The van der Waals surface area contributed by atoms with Gasteiger partial charge in [-0.25, -0.2) is 4.68 Å². The molecule has 11 heteroatoms. The second kappa shape index (κ2) is 9.39. The van der Waals surface area contributed by atoms with E-state index in [1.54, 1.807) is 39.5 Å². The van der Waals surface area contributed by atoms with E-state index in [1.165, 1.54) is 11.0 Å². The third-order valence-electron chi connectivity index (χ3n) is 5.80. The maximum absolute atomic E-state index is 12.6. The number of carbonyl (C=O) groups is 1. The first-order valence-corrected chi connectivity index (χ1v) is 12.3. The first-order valence-electron chi connectivity index (χ1n) is 10.8. The van der Waals surface area contributed by atoms with Crippen LogP contribution >= 0.6 is 10.8 Å². The van der Waals surface area contributed by atoms with Gasteiger partial charge in [-0.15, -0.1) is 15.9 Å². The van der Waals surface area contributed by atoms with Gasteiger partial charge in [0.25, 0.3) is 5.91 Å². The maximum Gasteiger partial charge on any atom is 0.260 e. The van der Waals surface area contributed by atoms with Gasteiger partial charge in [0.1, 0.15) is 12.1 Å². The summed E-state index contributed by atoms with van der Waals surface area (Å²) in [6.07, 6.45) is 1.49. The van der Waals surface area contributed by atoms with Gasteiger partial charge in [-0.3, -0.25) is 13.9 Å². The minimum atomic E-state index is -3.13. The lowest BCUT2D eigenvalue weighted by Gasteiger charge is -2.46. The molecule has 4 aromatic rings. The molecule has 0 unspecified atom stereocenters. The number of rotatable bonds is 6. The zero-order chi connectivity index (χ0) is 23.5. The monoisotopic (exact) mass is 480 g/mol. The normalized spacial score (nSPS) is 15.4. The van der Waals surface area contributed by atoms with Crippen molar-refractivity contribution in [2.75, 3.05) is 32.8 Å². The van der Waals surface area contributed by atoms with E-state index in [-0.39, 0.29) is 12.5 Å². The molecule has 1 aliphatic heterocycles. The summed E-state index contributed by atoms with van der Waals surface area (Å²) in [5, 5.41) is 13.0. The van der Waals surface area contributed by atoms with E-state index in [9.17, 15) is 13.9 Å². The van der Waals surface area contributed by atoms with E-state index in [0.717, 1.165) is 16.5 Å². The number of amides is 1. The Bertz CT molecular complexity index is 1270. The van der Waals surface area contributed by atoms with Crippen molar-refractivity contribution in [1.82, 2.24) is 29.4 Å². The number of ether oxygens (including phenoxy) is 1. The summed E-state index contributed by atoms with van der Waals surface area (Å²) in [5.74, 6) is 0.417. The summed E-state index contributed by atoms with van der Waals surface area (Å²) in [6, 6.07) is 20.4. The summed E-state index contributed by atoms with van der Waals surface area (Å²) < 4.78 is 30.7. The Morgan fingerprint density at radius 1 is 0.941 bits per heavy atom. The lowest BCUT2D eigenvalue weighted by Crippen LogP contribution is -2.50. The fourth-order valence-corrected chi connectivity index (χ4v) is 5.40. The summed E-state index contributed by atoms with van der Waals surface area (Å²) in [5.41, 5.74) is 0.783. The Hall–Kier alpha value is -3.51. The molecule has 0 spiro atoms. The molecule has 0 aliphatic carbocycles. The topological polar surface area (TPSA) is 117 Å². The highest BCUT2D eigenvalue weighted by atomic mass is 32.3. The molecule has 2 N–H and O–H groups in total. The summed E-state index contributed by atoms with van der Waals surface area (Å²) in [6.45, 7) is 1.42. The highest BCUT2D eigenvalue weighted by Crippen LogP contribution is 2.52. The van der Waals surface area contributed by atoms with E-state index >= 15 is 0 Å². The standard InChI is InChI=1S/C23H24N6O4S/c30-23(16-33-21-8-6-20(7-9-21)29-17-24-25-26-29)27-11-13-28(14-12-27)34(31,32)22-10-5-18-3-1-2-4-19(18)15-22/h1-10,15,17,31-32H,11-14,16H2. The molecule has 176 valence electrons. The number of tetrazole rings is 1. The van der Waals surface area contributed by atoms with Crippen LogP contribution in [0.4, 0.5) is 0 Å². The maximum atomic E-state index is 12.6. The van der Waals surface area contributed by atoms with Crippen LogP contribution in [0.5, 0.6) is 5.75 Å². The largest absolute Gasteiger partial charge is 0.484 e. The molecule has 1 fully saturated rings. The van der Waals surface area contributed by atoms with Gasteiger partial charge in [-0.05, 0) is 57.6 Å². The Morgan fingerprint density at radius 3 is 2.38 bits per heavy atom. The molecule has 3 aromatic carbocycles. The lowest BCUT2D eigenvalue weighted by molar-refractivity contribution is -0.134. The van der Waals surface area contributed by atoms with E-state index < -0.39 is 10.8 Å². The molecule has 1 aliphatic rings. The van der Waals surface area contributed by atoms with Crippen LogP contribution in [-0.4, -0.2) is 77.2 Å². The van der Waals surface area contributed by atoms with Gasteiger partial charge in [0.15, 0.2) is 6.61 Å². The molecule has 0 radical (unpaired) electrons. The Kier molecular flexibility index (Phi) is 6.16. The average molecular weight is 481 g/mol. The molecule has 2 heterocycles. The minimum absolute atomic E-state index is 0.0921. The molecule has 1 saturated heterocycles. The van der Waals surface area contributed by atoms with E-state index in [1.807, 2.05) is 36.4 Å². The van der Waals surface area contributed by atoms with Crippen LogP contribution in [0.1, 0.15) is 0 Å². The second-order valence-electron chi connectivity index (χ2n) is 7.87. The van der Waals surface area contributed by atoms with Crippen LogP contribution < -0.4 is 4.74 Å². The van der Waals surface area contributed by atoms with Gasteiger partial charge in [-0.2, -0.15) is 4.31 Å². The van der Waals surface area contributed by atoms with E-state index in [0.29, 0.717) is 36.8 Å².